The highest BCUT2D eigenvalue weighted by Crippen LogP contribution is 2.35. The highest BCUT2D eigenvalue weighted by molar-refractivity contribution is 7.91. The molecule has 1 heterocycles. The third kappa shape index (κ3) is 7.90. The molecule has 0 atom stereocenters. The van der Waals surface area contributed by atoms with Crippen LogP contribution in [-0.2, 0) is 34.5 Å². The minimum Gasteiger partial charge on any atom is -0.398 e. The number of rotatable bonds is 10. The van der Waals surface area contributed by atoms with E-state index in [1.165, 1.54) is 12.1 Å². The molecule has 2 aromatic carbocycles. The Kier molecular flexibility index (Phi) is 8.33. The Balaban J connectivity index is 1.92. The molecule has 0 amide bonds. The molecule has 0 saturated carbocycles. The lowest BCUT2D eigenvalue weighted by Gasteiger charge is -2.11. The number of nitrogens with two attached hydrogens (primary N) is 1. The van der Waals surface area contributed by atoms with Crippen LogP contribution >= 0.6 is 0 Å². The number of aromatic nitrogens is 2. The summed E-state index contributed by atoms with van der Waals surface area (Å²) < 4.78 is 118. The maximum atomic E-state index is 13.4. The van der Waals surface area contributed by atoms with Gasteiger partial charge >= 0.3 is 16.5 Å². The van der Waals surface area contributed by atoms with Crippen LogP contribution in [0.5, 0.6) is 0 Å². The lowest BCUT2D eigenvalue weighted by molar-refractivity contribution is 0.284. The molecule has 15 nitrogen and oxygen atoms in total. The van der Waals surface area contributed by atoms with Gasteiger partial charge in [-0.15, -0.1) is 5.11 Å². The first-order valence-electron chi connectivity index (χ1n) is 9.78. The molecule has 0 aliphatic rings. The Morgan fingerprint density at radius 2 is 1.61 bits per heavy atom. The standard InChI is InChI=1S/C18H16F2N6O9S3/c19-16-9-17(24-18(20)23-16)22-13-7-12(21)15(37(29,30)31)8-14(13)26-25-10-1-3-11(4-2-10)36(27,28)6-5-35-38(32,33)34/h1-4,7-9H,5-6,21H2,(H,22,23,24)(H,29,30,31)(H,32,33,34)/b26-25+. The third-order valence-electron chi connectivity index (χ3n) is 4.39. The number of hydrogen-bond acceptors (Lipinski definition) is 13. The maximum absolute atomic E-state index is 13.4. The van der Waals surface area contributed by atoms with Gasteiger partial charge in [-0.25, -0.2) is 12.6 Å². The molecule has 0 saturated heterocycles. The molecule has 38 heavy (non-hydrogen) atoms. The Bertz CT molecular complexity index is 1700. The Hall–Kier alpha value is -3.69. The smallest absolute Gasteiger partial charge is 0.397 e. The molecule has 3 aromatic rings. The monoisotopic (exact) mass is 594 g/mol. The summed E-state index contributed by atoms with van der Waals surface area (Å²) in [6.45, 7) is -0.828. The van der Waals surface area contributed by atoms with Crippen molar-refractivity contribution in [1.82, 2.24) is 9.97 Å². The van der Waals surface area contributed by atoms with Crippen LogP contribution in [0.4, 0.5) is 37.3 Å². The number of halogens is 2. The second-order valence-electron chi connectivity index (χ2n) is 7.11. The number of sulfone groups is 1. The number of nitrogens with zero attached hydrogens (tertiary/aromatic N) is 4. The summed E-state index contributed by atoms with van der Waals surface area (Å²) in [5.74, 6) is -2.38. The van der Waals surface area contributed by atoms with E-state index in [0.29, 0.717) is 0 Å². The van der Waals surface area contributed by atoms with Gasteiger partial charge in [-0.1, -0.05) is 0 Å². The normalized spacial score (nSPS) is 12.6. The molecule has 1 aromatic heterocycles. The van der Waals surface area contributed by atoms with Crippen molar-refractivity contribution in [2.45, 2.75) is 9.79 Å². The Morgan fingerprint density at radius 3 is 2.18 bits per heavy atom. The molecule has 0 aliphatic carbocycles. The largest absolute Gasteiger partial charge is 0.398 e. The molecule has 20 heteroatoms. The van der Waals surface area contributed by atoms with E-state index in [1.54, 1.807) is 0 Å². The number of nitrogen functional groups attached to an aromatic ring is 1. The van der Waals surface area contributed by atoms with Gasteiger partial charge in [0, 0.05) is 6.07 Å². The van der Waals surface area contributed by atoms with Gasteiger partial charge in [0.2, 0.25) is 5.95 Å². The van der Waals surface area contributed by atoms with Crippen LogP contribution in [0.25, 0.3) is 0 Å². The zero-order chi connectivity index (χ0) is 28.3. The lowest BCUT2D eigenvalue weighted by Crippen LogP contribution is -2.15. The summed E-state index contributed by atoms with van der Waals surface area (Å²) in [4.78, 5) is 5.18. The second-order valence-corrected chi connectivity index (χ2v) is 11.7. The molecule has 0 fully saturated rings. The van der Waals surface area contributed by atoms with Gasteiger partial charge in [-0.05, 0) is 36.4 Å². The van der Waals surface area contributed by atoms with E-state index in [0.717, 1.165) is 30.3 Å². The number of nitrogens with one attached hydrogen (secondary N) is 1. The van der Waals surface area contributed by atoms with Crippen molar-refractivity contribution < 1.29 is 47.3 Å². The van der Waals surface area contributed by atoms with Gasteiger partial charge < -0.3 is 11.1 Å². The molecular weight excluding hydrogens is 578 g/mol. The number of benzene rings is 2. The molecule has 0 bridgehead atoms. The molecule has 0 radical (unpaired) electrons. The molecule has 3 rings (SSSR count). The minimum absolute atomic E-state index is 0.0495. The van der Waals surface area contributed by atoms with Gasteiger partial charge in [0.25, 0.3) is 10.1 Å². The maximum Gasteiger partial charge on any atom is 0.397 e. The van der Waals surface area contributed by atoms with Crippen LogP contribution in [-0.4, -0.2) is 56.7 Å². The molecular formula is C18H16F2N6O9S3. The second kappa shape index (κ2) is 11.0. The molecule has 0 unspecified atom stereocenters. The summed E-state index contributed by atoms with van der Waals surface area (Å²) in [6, 6.07) is 7.13. The molecule has 204 valence electrons. The summed E-state index contributed by atoms with van der Waals surface area (Å²) >= 11 is 0. The number of hydrogen-bond donors (Lipinski definition) is 4. The van der Waals surface area contributed by atoms with E-state index in [-0.39, 0.29) is 22.0 Å². The van der Waals surface area contributed by atoms with Crippen LogP contribution < -0.4 is 11.1 Å². The highest BCUT2D eigenvalue weighted by Gasteiger charge is 2.19. The van der Waals surface area contributed by atoms with Crippen molar-refractivity contribution in [1.29, 1.82) is 0 Å². The fourth-order valence-corrected chi connectivity index (χ4v) is 4.89. The Labute approximate surface area is 214 Å². The van der Waals surface area contributed by atoms with Gasteiger partial charge in [-0.2, -0.15) is 40.7 Å². The summed E-state index contributed by atoms with van der Waals surface area (Å²) in [6.07, 6.45) is -1.40. The van der Waals surface area contributed by atoms with Crippen molar-refractivity contribution in [2.75, 3.05) is 23.4 Å². The lowest BCUT2D eigenvalue weighted by atomic mass is 10.2. The number of azo groups is 1. The van der Waals surface area contributed by atoms with Gasteiger partial charge in [0.1, 0.15) is 16.4 Å². The van der Waals surface area contributed by atoms with Crippen molar-refractivity contribution in [3.8, 4) is 0 Å². The minimum atomic E-state index is -4.81. The van der Waals surface area contributed by atoms with E-state index in [1.807, 2.05) is 0 Å². The van der Waals surface area contributed by atoms with E-state index in [9.17, 15) is 38.6 Å². The van der Waals surface area contributed by atoms with Crippen molar-refractivity contribution in [3.05, 3.63) is 54.5 Å². The SMILES string of the molecule is Nc1cc(Nc2cc(F)nc(F)n2)c(/N=N/c2ccc(S(=O)(=O)CCOS(=O)(=O)O)cc2)cc1S(=O)(=O)O. The number of anilines is 3. The van der Waals surface area contributed by atoms with Crippen LogP contribution in [0.2, 0.25) is 0 Å². The summed E-state index contributed by atoms with van der Waals surface area (Å²) in [5, 5.41) is 10.2. The summed E-state index contributed by atoms with van der Waals surface area (Å²) in [5.41, 5.74) is 4.85. The first-order valence-corrected chi connectivity index (χ1v) is 14.2. The zero-order valence-electron chi connectivity index (χ0n) is 18.6. The van der Waals surface area contributed by atoms with Crippen molar-refractivity contribution >= 4 is 58.9 Å². The average Bonchev–Trinajstić information content (AvgIpc) is 2.76. The average molecular weight is 595 g/mol. The predicted octanol–water partition coefficient (Wildman–Crippen LogP) is 2.34. The predicted molar refractivity (Wildman–Crippen MR) is 126 cm³/mol. The highest BCUT2D eigenvalue weighted by atomic mass is 32.3. The third-order valence-corrected chi connectivity index (χ3v) is 7.46. The van der Waals surface area contributed by atoms with Gasteiger partial charge in [0.15, 0.2) is 9.84 Å². The van der Waals surface area contributed by atoms with E-state index < -0.39 is 71.1 Å². The van der Waals surface area contributed by atoms with Crippen LogP contribution in [0, 0.1) is 12.0 Å². The molecule has 0 aliphatic heterocycles. The van der Waals surface area contributed by atoms with Crippen LogP contribution in [0.3, 0.4) is 0 Å². The zero-order valence-corrected chi connectivity index (χ0v) is 21.0. The van der Waals surface area contributed by atoms with Crippen LogP contribution in [0.1, 0.15) is 0 Å². The molecule has 0 spiro atoms. The topological polar surface area (TPSA) is 241 Å². The first kappa shape index (κ1) is 28.9. The van der Waals surface area contributed by atoms with E-state index in [4.69, 9.17) is 10.3 Å². The van der Waals surface area contributed by atoms with Crippen molar-refractivity contribution in [2.24, 2.45) is 10.2 Å². The first-order chi connectivity index (χ1) is 17.5. The van der Waals surface area contributed by atoms with E-state index >= 15 is 0 Å². The fraction of sp³-hybridized carbons (Fsp3) is 0.111. The molecule has 5 N–H and O–H groups in total. The van der Waals surface area contributed by atoms with Gasteiger partial charge in [0.05, 0.1) is 34.3 Å². The van der Waals surface area contributed by atoms with Crippen molar-refractivity contribution in [3.63, 3.8) is 0 Å². The quantitative estimate of drug-likeness (QED) is 0.0867. The Morgan fingerprint density at radius 1 is 0.947 bits per heavy atom. The van der Waals surface area contributed by atoms with E-state index in [2.05, 4.69) is 29.7 Å². The fourth-order valence-electron chi connectivity index (χ4n) is 2.78. The summed E-state index contributed by atoms with van der Waals surface area (Å²) in [7, 11) is -13.6. The van der Waals surface area contributed by atoms with Crippen LogP contribution in [0.15, 0.2) is 62.5 Å². The van der Waals surface area contributed by atoms with Gasteiger partial charge in [-0.3, -0.25) is 9.11 Å².